The van der Waals surface area contributed by atoms with Gasteiger partial charge >= 0.3 is 0 Å². The summed E-state index contributed by atoms with van der Waals surface area (Å²) in [6.45, 7) is 4.51. The number of likely N-dealkylation sites (tertiary alicyclic amines) is 1. The van der Waals surface area contributed by atoms with Crippen LogP contribution in [0.1, 0.15) is 29.5 Å². The van der Waals surface area contributed by atoms with Gasteiger partial charge in [0.15, 0.2) is 0 Å². The molecule has 1 aliphatic rings. The number of hydrogen-bond acceptors (Lipinski definition) is 2. The third kappa shape index (κ3) is 4.63. The number of nitrogens with one attached hydrogen (secondary N) is 1. The molecule has 0 radical (unpaired) electrons. The molecule has 1 saturated heterocycles. The summed E-state index contributed by atoms with van der Waals surface area (Å²) < 4.78 is 14.0. The Morgan fingerprint density at radius 3 is 2.85 bits per heavy atom. The number of benzene rings is 2. The molecular weight excluding hydrogens is 351 g/mol. The van der Waals surface area contributed by atoms with Crippen LogP contribution in [0.3, 0.4) is 0 Å². The molecular formula is C21H24ClFN2O. The van der Waals surface area contributed by atoms with E-state index in [1.165, 1.54) is 11.6 Å². The van der Waals surface area contributed by atoms with Crippen LogP contribution in [0.15, 0.2) is 42.5 Å². The number of amides is 1. The van der Waals surface area contributed by atoms with Crippen molar-refractivity contribution in [1.82, 2.24) is 10.2 Å². The van der Waals surface area contributed by atoms with Crippen LogP contribution in [-0.2, 0) is 17.9 Å². The summed E-state index contributed by atoms with van der Waals surface area (Å²) in [5, 5.41) is 3.49. The summed E-state index contributed by atoms with van der Waals surface area (Å²) in [7, 11) is 0. The zero-order chi connectivity index (χ0) is 18.5. The molecule has 0 aromatic heterocycles. The van der Waals surface area contributed by atoms with Gasteiger partial charge in [-0.15, -0.1) is 0 Å². The van der Waals surface area contributed by atoms with Crippen molar-refractivity contribution in [1.29, 1.82) is 0 Å². The standard InChI is InChI=1S/C21H24ClFN2O/c1-15-6-2-3-7-16(15)12-24-21(26)17-8-5-11-25(13-17)14-18-19(22)9-4-10-20(18)23/h2-4,6-7,9-10,17H,5,8,11-14H2,1H3,(H,24,26). The van der Waals surface area contributed by atoms with Crippen LogP contribution in [0.25, 0.3) is 0 Å². The Kier molecular flexibility index (Phi) is 6.28. The maximum atomic E-state index is 14.0. The molecule has 0 bridgehead atoms. The quantitative estimate of drug-likeness (QED) is 0.845. The topological polar surface area (TPSA) is 32.3 Å². The minimum Gasteiger partial charge on any atom is -0.352 e. The van der Waals surface area contributed by atoms with E-state index in [-0.39, 0.29) is 17.6 Å². The van der Waals surface area contributed by atoms with E-state index in [4.69, 9.17) is 11.6 Å². The first-order valence-corrected chi connectivity index (χ1v) is 9.40. The minimum atomic E-state index is -0.288. The van der Waals surface area contributed by atoms with E-state index in [0.717, 1.165) is 24.9 Å². The van der Waals surface area contributed by atoms with Gasteiger partial charge in [0.05, 0.1) is 5.92 Å². The zero-order valence-electron chi connectivity index (χ0n) is 15.0. The summed E-state index contributed by atoms with van der Waals surface area (Å²) in [6, 6.07) is 12.8. The Hall–Kier alpha value is -1.91. The lowest BCUT2D eigenvalue weighted by atomic mass is 9.96. The minimum absolute atomic E-state index is 0.0672. The van der Waals surface area contributed by atoms with Crippen LogP contribution in [-0.4, -0.2) is 23.9 Å². The van der Waals surface area contributed by atoms with Crippen LogP contribution < -0.4 is 5.32 Å². The Morgan fingerprint density at radius 1 is 1.27 bits per heavy atom. The van der Waals surface area contributed by atoms with E-state index in [9.17, 15) is 9.18 Å². The van der Waals surface area contributed by atoms with E-state index >= 15 is 0 Å². The summed E-state index contributed by atoms with van der Waals surface area (Å²) in [5.74, 6) is -0.292. The van der Waals surface area contributed by atoms with Crippen molar-refractivity contribution in [3.8, 4) is 0 Å². The monoisotopic (exact) mass is 374 g/mol. The third-order valence-corrected chi connectivity index (χ3v) is 5.39. The first-order chi connectivity index (χ1) is 12.5. The second-order valence-electron chi connectivity index (χ2n) is 6.92. The Balaban J connectivity index is 1.57. The molecule has 1 heterocycles. The number of nitrogens with zero attached hydrogens (tertiary/aromatic N) is 1. The molecule has 0 spiro atoms. The average Bonchev–Trinajstić information content (AvgIpc) is 2.64. The molecule has 138 valence electrons. The van der Waals surface area contributed by atoms with Gasteiger partial charge in [-0.25, -0.2) is 4.39 Å². The van der Waals surface area contributed by atoms with Gasteiger partial charge in [0.1, 0.15) is 5.82 Å². The highest BCUT2D eigenvalue weighted by atomic mass is 35.5. The summed E-state index contributed by atoms with van der Waals surface area (Å²) in [5.41, 5.74) is 2.81. The number of aryl methyl sites for hydroxylation is 1. The molecule has 3 nitrogen and oxygen atoms in total. The lowest BCUT2D eigenvalue weighted by Crippen LogP contribution is -2.42. The van der Waals surface area contributed by atoms with Crippen LogP contribution in [0.5, 0.6) is 0 Å². The average molecular weight is 375 g/mol. The highest BCUT2D eigenvalue weighted by Gasteiger charge is 2.26. The van der Waals surface area contributed by atoms with E-state index in [2.05, 4.69) is 10.2 Å². The van der Waals surface area contributed by atoms with Crippen LogP contribution in [0.2, 0.25) is 5.02 Å². The Morgan fingerprint density at radius 2 is 2.08 bits per heavy atom. The molecule has 2 aromatic carbocycles. The predicted octanol–water partition coefficient (Wildman–Crippen LogP) is 4.32. The molecule has 26 heavy (non-hydrogen) atoms. The van der Waals surface area contributed by atoms with Crippen molar-refractivity contribution >= 4 is 17.5 Å². The van der Waals surface area contributed by atoms with Gasteiger partial charge in [-0.2, -0.15) is 0 Å². The van der Waals surface area contributed by atoms with Gasteiger partial charge in [-0.3, -0.25) is 9.69 Å². The molecule has 0 aliphatic carbocycles. The number of piperidine rings is 1. The molecule has 1 fully saturated rings. The fraction of sp³-hybridized carbons (Fsp3) is 0.381. The van der Waals surface area contributed by atoms with Crippen molar-refractivity contribution in [3.63, 3.8) is 0 Å². The molecule has 1 amide bonds. The third-order valence-electron chi connectivity index (χ3n) is 5.03. The molecule has 3 rings (SSSR count). The number of carbonyl (C=O) groups excluding carboxylic acids is 1. The zero-order valence-corrected chi connectivity index (χ0v) is 15.7. The lowest BCUT2D eigenvalue weighted by Gasteiger charge is -2.32. The molecule has 2 aromatic rings. The van der Waals surface area contributed by atoms with Gasteiger partial charge in [-0.1, -0.05) is 41.9 Å². The second kappa shape index (κ2) is 8.65. The summed E-state index contributed by atoms with van der Waals surface area (Å²) >= 11 is 6.13. The van der Waals surface area contributed by atoms with E-state index in [1.807, 2.05) is 31.2 Å². The van der Waals surface area contributed by atoms with Crippen LogP contribution >= 0.6 is 11.6 Å². The van der Waals surface area contributed by atoms with E-state index < -0.39 is 0 Å². The van der Waals surface area contributed by atoms with E-state index in [1.54, 1.807) is 12.1 Å². The van der Waals surface area contributed by atoms with Crippen molar-refractivity contribution < 1.29 is 9.18 Å². The number of halogens is 2. The lowest BCUT2D eigenvalue weighted by molar-refractivity contribution is -0.126. The maximum absolute atomic E-state index is 14.0. The van der Waals surface area contributed by atoms with Gasteiger partial charge in [0.25, 0.3) is 0 Å². The van der Waals surface area contributed by atoms with Gasteiger partial charge in [-0.05, 0) is 49.6 Å². The van der Waals surface area contributed by atoms with Crippen molar-refractivity contribution in [2.45, 2.75) is 32.9 Å². The first-order valence-electron chi connectivity index (χ1n) is 9.02. The molecule has 1 unspecified atom stereocenters. The number of rotatable bonds is 5. The highest BCUT2D eigenvalue weighted by Crippen LogP contribution is 2.24. The Labute approximate surface area is 159 Å². The molecule has 5 heteroatoms. The first kappa shape index (κ1) is 18.9. The highest BCUT2D eigenvalue weighted by molar-refractivity contribution is 6.31. The van der Waals surface area contributed by atoms with Crippen LogP contribution in [0, 0.1) is 18.7 Å². The SMILES string of the molecule is Cc1ccccc1CNC(=O)C1CCCN(Cc2c(F)cccc2Cl)C1. The van der Waals surface area contributed by atoms with Gasteiger partial charge in [0.2, 0.25) is 5.91 Å². The molecule has 0 saturated carbocycles. The van der Waals surface area contributed by atoms with Crippen molar-refractivity contribution in [2.75, 3.05) is 13.1 Å². The maximum Gasteiger partial charge on any atom is 0.224 e. The molecule has 1 aliphatic heterocycles. The largest absolute Gasteiger partial charge is 0.352 e. The summed E-state index contributed by atoms with van der Waals surface area (Å²) in [4.78, 5) is 14.7. The normalized spacial score (nSPS) is 17.9. The van der Waals surface area contributed by atoms with Crippen LogP contribution in [0.4, 0.5) is 4.39 Å². The predicted molar refractivity (Wildman–Crippen MR) is 102 cm³/mol. The van der Waals surface area contributed by atoms with Crippen molar-refractivity contribution in [2.24, 2.45) is 5.92 Å². The molecule has 1 atom stereocenters. The number of hydrogen-bond donors (Lipinski definition) is 1. The van der Waals surface area contributed by atoms with Gasteiger partial charge < -0.3 is 5.32 Å². The van der Waals surface area contributed by atoms with Gasteiger partial charge in [0, 0.05) is 30.2 Å². The smallest absolute Gasteiger partial charge is 0.224 e. The second-order valence-corrected chi connectivity index (χ2v) is 7.33. The van der Waals surface area contributed by atoms with Crippen molar-refractivity contribution in [3.05, 3.63) is 70.0 Å². The Bertz CT molecular complexity index is 760. The van der Waals surface area contributed by atoms with E-state index in [0.29, 0.717) is 30.2 Å². The fourth-order valence-electron chi connectivity index (χ4n) is 3.46. The molecule has 1 N–H and O–H groups in total. The number of carbonyl (C=O) groups is 1. The fourth-order valence-corrected chi connectivity index (χ4v) is 3.68. The summed E-state index contributed by atoms with van der Waals surface area (Å²) in [6.07, 6.45) is 1.79.